The van der Waals surface area contributed by atoms with E-state index in [1.807, 2.05) is 24.3 Å². The summed E-state index contributed by atoms with van der Waals surface area (Å²) < 4.78 is 5.77. The monoisotopic (exact) mass is 292 g/mol. The molecule has 2 aromatic rings. The van der Waals surface area contributed by atoms with Crippen LogP contribution in [0.1, 0.15) is 28.4 Å². The number of hydrogen-bond acceptors (Lipinski definition) is 3. The summed E-state index contributed by atoms with van der Waals surface area (Å²) in [6.45, 7) is 2.62. The van der Waals surface area contributed by atoms with Crippen LogP contribution in [0.2, 0.25) is 0 Å². The van der Waals surface area contributed by atoms with Gasteiger partial charge in [-0.1, -0.05) is 36.4 Å². The lowest BCUT2D eigenvalue weighted by molar-refractivity contribution is 0.0277. The van der Waals surface area contributed by atoms with Gasteiger partial charge in [-0.05, 0) is 41.7 Å². The second-order valence-electron chi connectivity index (χ2n) is 5.61. The first kappa shape index (κ1) is 14.8. The second-order valence-corrected chi connectivity index (χ2v) is 5.61. The van der Waals surface area contributed by atoms with Crippen molar-refractivity contribution in [3.8, 4) is 6.07 Å². The highest BCUT2D eigenvalue weighted by atomic mass is 16.5. The molecule has 1 atom stereocenters. The predicted octanol–water partition coefficient (Wildman–Crippen LogP) is 3.00. The van der Waals surface area contributed by atoms with E-state index in [0.717, 1.165) is 32.5 Å². The number of ether oxygens (including phenoxy) is 1. The number of benzene rings is 2. The van der Waals surface area contributed by atoms with Crippen molar-refractivity contribution in [3.05, 3.63) is 70.8 Å². The van der Waals surface area contributed by atoms with Crippen molar-refractivity contribution < 1.29 is 4.74 Å². The SMILES string of the molecule is N#Cc1ccc(CCc2ccc([C@H]3CNCCO3)cc2)cc1. The zero-order chi connectivity index (χ0) is 15.2. The van der Waals surface area contributed by atoms with Crippen LogP contribution in [0.4, 0.5) is 0 Å². The summed E-state index contributed by atoms with van der Waals surface area (Å²) in [6, 6.07) is 18.7. The highest BCUT2D eigenvalue weighted by Crippen LogP contribution is 2.19. The Balaban J connectivity index is 1.57. The first-order valence-electron chi connectivity index (χ1n) is 7.75. The van der Waals surface area contributed by atoms with Crippen molar-refractivity contribution in [1.82, 2.24) is 5.32 Å². The topological polar surface area (TPSA) is 45.0 Å². The Morgan fingerprint density at radius 2 is 1.64 bits per heavy atom. The largest absolute Gasteiger partial charge is 0.371 e. The quantitative estimate of drug-likeness (QED) is 0.942. The summed E-state index contributed by atoms with van der Waals surface area (Å²) in [5.41, 5.74) is 4.56. The molecular weight excluding hydrogens is 272 g/mol. The third-order valence-electron chi connectivity index (χ3n) is 4.06. The molecule has 3 heteroatoms. The van der Waals surface area contributed by atoms with Gasteiger partial charge in [-0.15, -0.1) is 0 Å². The van der Waals surface area contributed by atoms with Crippen LogP contribution in [0.3, 0.4) is 0 Å². The molecule has 1 N–H and O–H groups in total. The molecule has 22 heavy (non-hydrogen) atoms. The smallest absolute Gasteiger partial charge is 0.0991 e. The maximum absolute atomic E-state index is 8.81. The molecule has 1 aliphatic rings. The molecule has 0 saturated carbocycles. The number of hydrogen-bond donors (Lipinski definition) is 1. The van der Waals surface area contributed by atoms with E-state index in [9.17, 15) is 0 Å². The lowest BCUT2D eigenvalue weighted by Gasteiger charge is -2.24. The molecule has 3 rings (SSSR count). The van der Waals surface area contributed by atoms with E-state index in [1.165, 1.54) is 16.7 Å². The Morgan fingerprint density at radius 1 is 1.00 bits per heavy atom. The number of aryl methyl sites for hydroxylation is 2. The Morgan fingerprint density at radius 3 is 2.18 bits per heavy atom. The molecule has 1 saturated heterocycles. The average Bonchev–Trinajstić information content (AvgIpc) is 2.61. The molecule has 0 unspecified atom stereocenters. The highest BCUT2D eigenvalue weighted by Gasteiger charge is 2.14. The minimum absolute atomic E-state index is 0.182. The zero-order valence-corrected chi connectivity index (χ0v) is 12.6. The Kier molecular flexibility index (Phi) is 4.85. The van der Waals surface area contributed by atoms with Gasteiger partial charge in [0.2, 0.25) is 0 Å². The standard InChI is InChI=1S/C19H20N2O/c20-13-17-5-3-15(4-6-17)1-2-16-7-9-18(10-8-16)19-14-21-11-12-22-19/h3-10,19,21H,1-2,11-12,14H2/t19-/m1/s1. The fraction of sp³-hybridized carbons (Fsp3) is 0.316. The maximum Gasteiger partial charge on any atom is 0.0991 e. The van der Waals surface area contributed by atoms with E-state index in [1.54, 1.807) is 0 Å². The zero-order valence-electron chi connectivity index (χ0n) is 12.6. The summed E-state index contributed by atoms with van der Waals surface area (Å²) in [6.07, 6.45) is 2.18. The van der Waals surface area contributed by atoms with E-state index >= 15 is 0 Å². The van der Waals surface area contributed by atoms with Crippen molar-refractivity contribution in [2.24, 2.45) is 0 Å². The van der Waals surface area contributed by atoms with Crippen molar-refractivity contribution in [2.45, 2.75) is 18.9 Å². The number of nitrogens with zero attached hydrogens (tertiary/aromatic N) is 1. The van der Waals surface area contributed by atoms with Gasteiger partial charge in [-0.2, -0.15) is 5.26 Å². The fourth-order valence-electron chi connectivity index (χ4n) is 2.71. The van der Waals surface area contributed by atoms with Gasteiger partial charge in [0.15, 0.2) is 0 Å². The Bertz CT molecular complexity index is 635. The summed E-state index contributed by atoms with van der Waals surface area (Å²) in [7, 11) is 0. The van der Waals surface area contributed by atoms with E-state index in [0.29, 0.717) is 5.56 Å². The molecule has 0 aromatic heterocycles. The van der Waals surface area contributed by atoms with Crippen molar-refractivity contribution in [1.29, 1.82) is 5.26 Å². The molecule has 0 amide bonds. The van der Waals surface area contributed by atoms with E-state index in [-0.39, 0.29) is 6.10 Å². The van der Waals surface area contributed by atoms with Crippen LogP contribution in [0, 0.1) is 11.3 Å². The molecule has 0 spiro atoms. The van der Waals surface area contributed by atoms with Gasteiger partial charge in [0.1, 0.15) is 0 Å². The van der Waals surface area contributed by atoms with Crippen LogP contribution in [-0.2, 0) is 17.6 Å². The summed E-state index contributed by atoms with van der Waals surface area (Å²) >= 11 is 0. The van der Waals surface area contributed by atoms with Gasteiger partial charge in [-0.3, -0.25) is 0 Å². The molecule has 3 nitrogen and oxygen atoms in total. The van der Waals surface area contributed by atoms with Crippen LogP contribution in [0.5, 0.6) is 0 Å². The first-order valence-corrected chi connectivity index (χ1v) is 7.75. The Hall–Kier alpha value is -2.15. The molecule has 0 radical (unpaired) electrons. The number of morpholine rings is 1. The molecular formula is C19H20N2O. The molecule has 1 aliphatic heterocycles. The summed E-state index contributed by atoms with van der Waals surface area (Å²) in [5.74, 6) is 0. The highest BCUT2D eigenvalue weighted by molar-refractivity contribution is 5.32. The number of nitrogens with one attached hydrogen (secondary N) is 1. The van der Waals surface area contributed by atoms with Gasteiger partial charge >= 0.3 is 0 Å². The molecule has 1 heterocycles. The molecule has 2 aromatic carbocycles. The normalized spacial score (nSPS) is 17.9. The van der Waals surface area contributed by atoms with Crippen LogP contribution < -0.4 is 5.32 Å². The molecule has 0 bridgehead atoms. The number of nitriles is 1. The van der Waals surface area contributed by atoms with Crippen molar-refractivity contribution >= 4 is 0 Å². The van der Waals surface area contributed by atoms with Gasteiger partial charge in [0.05, 0.1) is 24.3 Å². The van der Waals surface area contributed by atoms with Crippen LogP contribution in [0.15, 0.2) is 48.5 Å². The summed E-state index contributed by atoms with van der Waals surface area (Å²) in [5, 5.41) is 12.2. The third-order valence-corrected chi connectivity index (χ3v) is 4.06. The van der Waals surface area contributed by atoms with Gasteiger partial charge in [0, 0.05) is 13.1 Å². The average molecular weight is 292 g/mol. The van der Waals surface area contributed by atoms with Crippen LogP contribution >= 0.6 is 0 Å². The van der Waals surface area contributed by atoms with E-state index in [4.69, 9.17) is 10.00 Å². The first-order chi connectivity index (χ1) is 10.8. The summed E-state index contributed by atoms with van der Waals surface area (Å²) in [4.78, 5) is 0. The van der Waals surface area contributed by atoms with E-state index < -0.39 is 0 Å². The maximum atomic E-state index is 8.81. The van der Waals surface area contributed by atoms with Crippen molar-refractivity contribution in [2.75, 3.05) is 19.7 Å². The minimum atomic E-state index is 0.182. The molecule has 0 aliphatic carbocycles. The molecule has 1 fully saturated rings. The second kappa shape index (κ2) is 7.22. The predicted molar refractivity (Wildman–Crippen MR) is 86.6 cm³/mol. The van der Waals surface area contributed by atoms with Crippen molar-refractivity contribution in [3.63, 3.8) is 0 Å². The van der Waals surface area contributed by atoms with Gasteiger partial charge in [0.25, 0.3) is 0 Å². The minimum Gasteiger partial charge on any atom is -0.371 e. The van der Waals surface area contributed by atoms with Crippen LogP contribution in [-0.4, -0.2) is 19.7 Å². The fourth-order valence-corrected chi connectivity index (χ4v) is 2.71. The van der Waals surface area contributed by atoms with Gasteiger partial charge in [-0.25, -0.2) is 0 Å². The molecule has 112 valence electrons. The lowest BCUT2D eigenvalue weighted by atomic mass is 10.0. The Labute approximate surface area is 131 Å². The third kappa shape index (κ3) is 3.73. The van der Waals surface area contributed by atoms with E-state index in [2.05, 4.69) is 35.7 Å². The lowest BCUT2D eigenvalue weighted by Crippen LogP contribution is -2.33. The van der Waals surface area contributed by atoms with Gasteiger partial charge < -0.3 is 10.1 Å². The number of rotatable bonds is 4. The van der Waals surface area contributed by atoms with Crippen LogP contribution in [0.25, 0.3) is 0 Å².